The molecule has 0 spiro atoms. The highest BCUT2D eigenvalue weighted by Crippen LogP contribution is 2.33. The summed E-state index contributed by atoms with van der Waals surface area (Å²) in [5.41, 5.74) is 1.31. The maximum Gasteiger partial charge on any atom is 0.246 e. The first kappa shape index (κ1) is 25.4. The van der Waals surface area contributed by atoms with Crippen LogP contribution in [0.3, 0.4) is 0 Å². The Morgan fingerprint density at radius 2 is 1.82 bits per heavy atom. The fraction of sp³-hybridized carbons (Fsp3) is 0.455. The van der Waals surface area contributed by atoms with Crippen molar-refractivity contribution in [1.82, 2.24) is 15.3 Å². The van der Waals surface area contributed by atoms with Crippen LogP contribution in [0.4, 0.5) is 28.8 Å². The lowest BCUT2D eigenvalue weighted by Crippen LogP contribution is -2.47. The minimum absolute atomic E-state index is 0.0407. The number of carbonyl (C=O) groups excluding carboxylic acids is 2. The summed E-state index contributed by atoms with van der Waals surface area (Å²) in [6.45, 7) is 6.63. The summed E-state index contributed by atoms with van der Waals surface area (Å²) < 4.78 is 23.9. The lowest BCUT2D eigenvalue weighted by molar-refractivity contribution is -0.117. The molecule has 1 aromatic carbocycles. The van der Waals surface area contributed by atoms with Crippen molar-refractivity contribution in [2.24, 2.45) is 0 Å². The van der Waals surface area contributed by atoms with Crippen molar-refractivity contribution in [3.8, 4) is 0 Å². The monoisotopic (exact) mass is 489 g/mol. The van der Waals surface area contributed by atoms with Gasteiger partial charge in [-0.3, -0.25) is 9.59 Å². The molecule has 3 heterocycles. The minimum Gasteiger partial charge on any atom is -0.343 e. The zero-order valence-corrected chi connectivity index (χ0v) is 20.6. The highest BCUT2D eigenvalue weighted by molar-refractivity contribution is 7.90. The molecule has 2 amide bonds. The lowest BCUT2D eigenvalue weighted by Gasteiger charge is -2.36. The number of likely N-dealkylation sites (N-methyl/N-ethyl adjacent to an activating group) is 1. The number of nitrogens with one attached hydrogen (secondary N) is 3. The number of anilines is 5. The van der Waals surface area contributed by atoms with Gasteiger partial charge in [0.05, 0.1) is 17.6 Å². The van der Waals surface area contributed by atoms with E-state index in [0.29, 0.717) is 29.3 Å². The van der Waals surface area contributed by atoms with E-state index in [9.17, 15) is 18.0 Å². The van der Waals surface area contributed by atoms with Crippen LogP contribution >= 0.6 is 0 Å². The third kappa shape index (κ3) is 6.20. The summed E-state index contributed by atoms with van der Waals surface area (Å²) in [7, 11) is -1.83. The molecule has 11 nitrogen and oxygen atoms in total. The van der Waals surface area contributed by atoms with Gasteiger partial charge in [-0.2, -0.15) is 4.98 Å². The number of fused-ring (bicyclic) bond motifs is 1. The van der Waals surface area contributed by atoms with Crippen molar-refractivity contribution < 1.29 is 18.0 Å². The van der Waals surface area contributed by atoms with Gasteiger partial charge in [-0.15, -0.1) is 0 Å². The van der Waals surface area contributed by atoms with Crippen molar-refractivity contribution in [3.05, 3.63) is 24.4 Å². The van der Waals surface area contributed by atoms with E-state index < -0.39 is 9.84 Å². The fourth-order valence-corrected chi connectivity index (χ4v) is 4.24. The number of rotatable bonds is 6. The molecule has 0 radical (unpaired) electrons. The number of sulfone groups is 1. The van der Waals surface area contributed by atoms with E-state index in [1.165, 1.54) is 43.0 Å². The molecule has 1 fully saturated rings. The third-order valence-electron chi connectivity index (χ3n) is 5.46. The first-order valence-electron chi connectivity index (χ1n) is 11.0. The highest BCUT2D eigenvalue weighted by Gasteiger charge is 2.30. The molecule has 0 unspecified atom stereocenters. The lowest BCUT2D eigenvalue weighted by atomic mass is 10.2. The number of aromatic nitrogens is 2. The number of carbonyl (C=O) groups is 2. The molecule has 3 N–H and O–H groups in total. The van der Waals surface area contributed by atoms with Crippen LogP contribution in [0.15, 0.2) is 29.3 Å². The average molecular weight is 490 g/mol. The molecule has 2 aliphatic rings. The molecule has 184 valence electrons. The zero-order chi connectivity index (χ0) is 24.9. The van der Waals surface area contributed by atoms with Crippen molar-refractivity contribution in [2.75, 3.05) is 53.4 Å². The second kappa shape index (κ2) is 10.8. The first-order valence-corrected chi connectivity index (χ1v) is 12.9. The molecular weight excluding hydrogens is 458 g/mol. The van der Waals surface area contributed by atoms with Crippen LogP contribution in [0.5, 0.6) is 0 Å². The molecular formula is C22H31N7O4S. The van der Waals surface area contributed by atoms with Gasteiger partial charge in [0.15, 0.2) is 15.7 Å². The number of benzene rings is 1. The summed E-state index contributed by atoms with van der Waals surface area (Å²) >= 11 is 0. The van der Waals surface area contributed by atoms with Gasteiger partial charge in [-0.25, -0.2) is 13.4 Å². The smallest absolute Gasteiger partial charge is 0.246 e. The van der Waals surface area contributed by atoms with Crippen molar-refractivity contribution in [3.63, 3.8) is 0 Å². The van der Waals surface area contributed by atoms with Crippen molar-refractivity contribution in [2.45, 2.75) is 37.6 Å². The van der Waals surface area contributed by atoms with Gasteiger partial charge in [0.2, 0.25) is 18.3 Å². The molecule has 2 aromatic rings. The van der Waals surface area contributed by atoms with Gasteiger partial charge < -0.3 is 25.8 Å². The molecule has 0 atom stereocenters. The maximum absolute atomic E-state index is 12.2. The Kier molecular flexibility index (Phi) is 8.05. The van der Waals surface area contributed by atoms with Gasteiger partial charge in [-0.1, -0.05) is 0 Å². The molecule has 34 heavy (non-hydrogen) atoms. The topological polar surface area (TPSA) is 137 Å². The number of amides is 2. The molecule has 0 saturated carbocycles. The van der Waals surface area contributed by atoms with Crippen molar-refractivity contribution >= 4 is 51.0 Å². The Labute approximate surface area is 199 Å². The minimum atomic E-state index is -3.50. The molecule has 0 aliphatic carbocycles. The van der Waals surface area contributed by atoms with Crippen molar-refractivity contribution in [1.29, 1.82) is 0 Å². The Morgan fingerprint density at radius 1 is 1.15 bits per heavy atom. The second-order valence-corrected chi connectivity index (χ2v) is 10.5. The van der Waals surface area contributed by atoms with Crippen LogP contribution in [-0.4, -0.2) is 69.7 Å². The van der Waals surface area contributed by atoms with Gasteiger partial charge in [0, 0.05) is 30.7 Å². The third-order valence-corrected chi connectivity index (χ3v) is 6.55. The van der Waals surface area contributed by atoms with Gasteiger partial charge in [0.25, 0.3) is 0 Å². The van der Waals surface area contributed by atoms with Gasteiger partial charge in [0.1, 0.15) is 5.69 Å². The number of hydrogen-bond acceptors (Lipinski definition) is 9. The summed E-state index contributed by atoms with van der Waals surface area (Å²) in [6, 6.07) is 4.42. The highest BCUT2D eigenvalue weighted by atomic mass is 32.2. The van der Waals surface area contributed by atoms with Crippen LogP contribution in [0.1, 0.15) is 26.7 Å². The quantitative estimate of drug-likeness (QED) is 0.518. The Bertz CT molecular complexity index is 1140. The van der Waals surface area contributed by atoms with E-state index in [1.54, 1.807) is 19.3 Å². The zero-order valence-electron chi connectivity index (χ0n) is 19.8. The summed E-state index contributed by atoms with van der Waals surface area (Å²) in [5, 5.41) is 8.65. The largest absolute Gasteiger partial charge is 0.343 e. The average Bonchev–Trinajstić information content (AvgIpc) is 3.36. The SMILES string of the molecule is C1CCNC1.CC(C)N1CC(=O)N(C)c2cnc(Nc3cc(NC=O)cc(S(C)(=O)=O)c3)nc21. The fourth-order valence-electron chi connectivity index (χ4n) is 3.55. The van der Waals surface area contributed by atoms with E-state index in [1.807, 2.05) is 18.7 Å². The first-order chi connectivity index (χ1) is 16.1. The summed E-state index contributed by atoms with van der Waals surface area (Å²) in [5.74, 6) is 0.783. The molecule has 1 saturated heterocycles. The second-order valence-electron chi connectivity index (χ2n) is 8.44. The summed E-state index contributed by atoms with van der Waals surface area (Å²) in [4.78, 5) is 35.2. The van der Waals surface area contributed by atoms with Gasteiger partial charge in [-0.05, 0) is 58.0 Å². The molecule has 4 rings (SSSR count). The molecule has 0 bridgehead atoms. The van der Waals surface area contributed by atoms with Crippen LogP contribution in [-0.2, 0) is 19.4 Å². The normalized spacial score (nSPS) is 15.5. The maximum atomic E-state index is 12.2. The molecule has 1 aromatic heterocycles. The predicted octanol–water partition coefficient (Wildman–Crippen LogP) is 1.75. The Balaban J connectivity index is 0.000000574. The van der Waals surface area contributed by atoms with Gasteiger partial charge >= 0.3 is 0 Å². The number of nitrogens with zero attached hydrogens (tertiary/aromatic N) is 4. The van der Waals surface area contributed by atoms with Crippen LogP contribution in [0.2, 0.25) is 0 Å². The van der Waals surface area contributed by atoms with Crippen LogP contribution in [0.25, 0.3) is 0 Å². The van der Waals surface area contributed by atoms with E-state index in [2.05, 4.69) is 25.9 Å². The van der Waals surface area contributed by atoms with E-state index >= 15 is 0 Å². The Morgan fingerprint density at radius 3 is 2.38 bits per heavy atom. The Hall–Kier alpha value is -3.25. The van der Waals surface area contributed by atoms with E-state index in [0.717, 1.165) is 6.26 Å². The van der Waals surface area contributed by atoms with Crippen LogP contribution in [0, 0.1) is 0 Å². The molecule has 2 aliphatic heterocycles. The van der Waals surface area contributed by atoms with E-state index in [4.69, 9.17) is 0 Å². The predicted molar refractivity (Wildman–Crippen MR) is 133 cm³/mol. The summed E-state index contributed by atoms with van der Waals surface area (Å²) in [6.07, 6.45) is 5.87. The molecule has 12 heteroatoms. The van der Waals surface area contributed by atoms with Crippen LogP contribution < -0.4 is 25.8 Å². The van der Waals surface area contributed by atoms with E-state index in [-0.39, 0.29) is 29.3 Å². The standard InChI is InChI=1S/C18H22N6O4S.C4H9N/c1-11(2)24-9-16(26)23(3)15-8-19-18(22-17(15)24)21-13-5-12(20-10-25)6-14(7-13)29(4,27)28;1-2-4-5-3-1/h5-8,10-11H,9H2,1-4H3,(H,20,25)(H,19,21,22);5H,1-4H2. The number of hydrogen-bond donors (Lipinski definition) is 3.